The molecule has 2 aliphatic rings. The lowest BCUT2D eigenvalue weighted by atomic mass is 9.89. The summed E-state index contributed by atoms with van der Waals surface area (Å²) in [4.78, 5) is 0. The van der Waals surface area contributed by atoms with Crippen LogP contribution in [0.15, 0.2) is 11.1 Å². The molecule has 86 valence electrons. The Morgan fingerprint density at radius 2 is 2.00 bits per heavy atom. The van der Waals surface area contributed by atoms with Gasteiger partial charge in [0.2, 0.25) is 0 Å². The van der Waals surface area contributed by atoms with E-state index in [0.29, 0.717) is 5.41 Å². The number of hydrogen-bond donors (Lipinski definition) is 2. The molecule has 0 bridgehead atoms. The fraction of sp³-hybridized carbons (Fsp3) is 0.846. The van der Waals surface area contributed by atoms with Gasteiger partial charge in [-0.2, -0.15) is 0 Å². The van der Waals surface area contributed by atoms with Crippen molar-refractivity contribution in [3.63, 3.8) is 0 Å². The summed E-state index contributed by atoms with van der Waals surface area (Å²) in [5.74, 6) is 0. The number of nitrogens with one attached hydrogen (secondary N) is 2. The molecule has 2 heteroatoms. The van der Waals surface area contributed by atoms with Crippen molar-refractivity contribution in [1.82, 2.24) is 10.6 Å². The minimum Gasteiger partial charge on any atom is -0.312 e. The lowest BCUT2D eigenvalue weighted by Crippen LogP contribution is -2.37. The number of rotatable bonds is 4. The summed E-state index contributed by atoms with van der Waals surface area (Å²) in [6.45, 7) is 9.22. The van der Waals surface area contributed by atoms with Crippen LogP contribution >= 0.6 is 0 Å². The standard InChI is InChI=1S/C13H24N2/c1-11(12-8-14-9-12)7-15-10-13(2)5-3-4-6-13/h14-15H,3-10H2,1-2H3. The predicted octanol–water partition coefficient (Wildman–Crippen LogP) is 2.08. The molecule has 2 N–H and O–H groups in total. The van der Waals surface area contributed by atoms with Crippen LogP contribution in [0.25, 0.3) is 0 Å². The van der Waals surface area contributed by atoms with E-state index in [0.717, 1.165) is 19.6 Å². The molecule has 1 aliphatic carbocycles. The molecule has 1 aliphatic heterocycles. The molecule has 0 radical (unpaired) electrons. The van der Waals surface area contributed by atoms with Gasteiger partial charge in [0.25, 0.3) is 0 Å². The summed E-state index contributed by atoms with van der Waals surface area (Å²) >= 11 is 0. The van der Waals surface area contributed by atoms with Crippen LogP contribution in [0.5, 0.6) is 0 Å². The molecule has 15 heavy (non-hydrogen) atoms. The van der Waals surface area contributed by atoms with Gasteiger partial charge in [-0.05, 0) is 30.8 Å². The maximum Gasteiger partial charge on any atom is 0.0183 e. The van der Waals surface area contributed by atoms with E-state index in [2.05, 4.69) is 24.5 Å². The smallest absolute Gasteiger partial charge is 0.0183 e. The van der Waals surface area contributed by atoms with E-state index in [1.165, 1.54) is 32.2 Å². The Morgan fingerprint density at radius 1 is 1.33 bits per heavy atom. The van der Waals surface area contributed by atoms with Crippen LogP contribution in [-0.2, 0) is 0 Å². The Hall–Kier alpha value is -0.340. The molecule has 1 saturated heterocycles. The second-order valence-electron chi connectivity index (χ2n) is 5.61. The van der Waals surface area contributed by atoms with Crippen molar-refractivity contribution in [2.45, 2.75) is 39.5 Å². The third-order valence-corrected chi connectivity index (χ3v) is 4.03. The summed E-state index contributed by atoms with van der Waals surface area (Å²) < 4.78 is 0. The highest BCUT2D eigenvalue weighted by atomic mass is 14.9. The average molecular weight is 208 g/mol. The topological polar surface area (TPSA) is 24.1 Å². The molecule has 0 atom stereocenters. The molecule has 2 rings (SSSR count). The van der Waals surface area contributed by atoms with Crippen molar-refractivity contribution in [2.75, 3.05) is 26.2 Å². The minimum atomic E-state index is 0.586. The zero-order valence-corrected chi connectivity index (χ0v) is 10.2. The van der Waals surface area contributed by atoms with E-state index in [-0.39, 0.29) is 0 Å². The average Bonchev–Trinajstić information content (AvgIpc) is 2.49. The summed E-state index contributed by atoms with van der Waals surface area (Å²) in [5.41, 5.74) is 3.75. The Balaban J connectivity index is 1.70. The van der Waals surface area contributed by atoms with E-state index in [4.69, 9.17) is 0 Å². The normalized spacial score (nSPS) is 24.0. The van der Waals surface area contributed by atoms with Crippen molar-refractivity contribution in [2.24, 2.45) is 5.41 Å². The largest absolute Gasteiger partial charge is 0.312 e. The van der Waals surface area contributed by atoms with Gasteiger partial charge in [-0.1, -0.05) is 25.3 Å². The lowest BCUT2D eigenvalue weighted by Gasteiger charge is -2.26. The van der Waals surface area contributed by atoms with Crippen LogP contribution < -0.4 is 10.6 Å². The van der Waals surface area contributed by atoms with Crippen LogP contribution in [0.3, 0.4) is 0 Å². The zero-order chi connectivity index (χ0) is 10.7. The van der Waals surface area contributed by atoms with Gasteiger partial charge in [-0.25, -0.2) is 0 Å². The fourth-order valence-corrected chi connectivity index (χ4v) is 2.63. The first-order chi connectivity index (χ1) is 7.20. The third-order valence-electron chi connectivity index (χ3n) is 4.03. The first-order valence-electron chi connectivity index (χ1n) is 6.29. The highest BCUT2D eigenvalue weighted by Crippen LogP contribution is 2.36. The fourth-order valence-electron chi connectivity index (χ4n) is 2.63. The van der Waals surface area contributed by atoms with Gasteiger partial charge >= 0.3 is 0 Å². The maximum atomic E-state index is 3.63. The van der Waals surface area contributed by atoms with Crippen molar-refractivity contribution in [3.05, 3.63) is 11.1 Å². The Labute approximate surface area is 93.5 Å². The molecule has 0 amide bonds. The Bertz CT molecular complexity index is 243. The van der Waals surface area contributed by atoms with E-state index in [1.54, 1.807) is 11.1 Å². The predicted molar refractivity (Wildman–Crippen MR) is 65.0 cm³/mol. The summed E-state index contributed by atoms with van der Waals surface area (Å²) in [5, 5.41) is 6.93. The zero-order valence-electron chi connectivity index (χ0n) is 10.2. The molecule has 1 saturated carbocycles. The van der Waals surface area contributed by atoms with Gasteiger partial charge in [0.05, 0.1) is 0 Å². The molecular weight excluding hydrogens is 184 g/mol. The quantitative estimate of drug-likeness (QED) is 0.691. The molecule has 0 aromatic rings. The van der Waals surface area contributed by atoms with Crippen molar-refractivity contribution in [1.29, 1.82) is 0 Å². The van der Waals surface area contributed by atoms with Gasteiger partial charge in [0, 0.05) is 26.2 Å². The van der Waals surface area contributed by atoms with E-state index >= 15 is 0 Å². The van der Waals surface area contributed by atoms with Crippen LogP contribution in [0, 0.1) is 5.41 Å². The Morgan fingerprint density at radius 3 is 2.53 bits per heavy atom. The van der Waals surface area contributed by atoms with Crippen molar-refractivity contribution < 1.29 is 0 Å². The van der Waals surface area contributed by atoms with Gasteiger partial charge in [0.15, 0.2) is 0 Å². The summed E-state index contributed by atoms with van der Waals surface area (Å²) in [7, 11) is 0. The molecule has 2 nitrogen and oxygen atoms in total. The molecular formula is C13H24N2. The molecule has 2 fully saturated rings. The van der Waals surface area contributed by atoms with Crippen molar-refractivity contribution >= 4 is 0 Å². The minimum absolute atomic E-state index is 0.586. The highest BCUT2D eigenvalue weighted by Gasteiger charge is 2.27. The van der Waals surface area contributed by atoms with Gasteiger partial charge < -0.3 is 10.6 Å². The van der Waals surface area contributed by atoms with Crippen LogP contribution in [0.1, 0.15) is 39.5 Å². The van der Waals surface area contributed by atoms with Gasteiger partial charge in [-0.3, -0.25) is 0 Å². The maximum absolute atomic E-state index is 3.63. The van der Waals surface area contributed by atoms with E-state index < -0.39 is 0 Å². The molecule has 0 aromatic heterocycles. The second-order valence-corrected chi connectivity index (χ2v) is 5.61. The lowest BCUT2D eigenvalue weighted by molar-refractivity contribution is 0.319. The SMILES string of the molecule is CC(CNCC1(C)CCCC1)=C1CNC1. The highest BCUT2D eigenvalue weighted by molar-refractivity contribution is 5.22. The molecule has 0 spiro atoms. The first-order valence-corrected chi connectivity index (χ1v) is 6.29. The molecule has 0 unspecified atom stereocenters. The van der Waals surface area contributed by atoms with Crippen molar-refractivity contribution in [3.8, 4) is 0 Å². The Kier molecular flexibility index (Phi) is 3.47. The number of hydrogen-bond acceptors (Lipinski definition) is 2. The monoisotopic (exact) mass is 208 g/mol. The summed E-state index contributed by atoms with van der Waals surface area (Å²) in [6, 6.07) is 0. The van der Waals surface area contributed by atoms with Crippen LogP contribution in [-0.4, -0.2) is 26.2 Å². The molecule has 0 aromatic carbocycles. The summed E-state index contributed by atoms with van der Waals surface area (Å²) in [6.07, 6.45) is 5.69. The third kappa shape index (κ3) is 2.82. The van der Waals surface area contributed by atoms with Gasteiger partial charge in [0.1, 0.15) is 0 Å². The van der Waals surface area contributed by atoms with E-state index in [1.807, 2.05) is 0 Å². The second kappa shape index (κ2) is 4.67. The van der Waals surface area contributed by atoms with E-state index in [9.17, 15) is 0 Å². The first kappa shape index (κ1) is 11.2. The van der Waals surface area contributed by atoms with Crippen LogP contribution in [0.2, 0.25) is 0 Å². The van der Waals surface area contributed by atoms with Crippen LogP contribution in [0.4, 0.5) is 0 Å². The molecule has 1 heterocycles. The van der Waals surface area contributed by atoms with Gasteiger partial charge in [-0.15, -0.1) is 0 Å².